The van der Waals surface area contributed by atoms with Crippen molar-refractivity contribution < 1.29 is 9.15 Å². The highest BCUT2D eigenvalue weighted by Gasteiger charge is 2.06. The molecule has 1 aromatic heterocycles. The second-order valence-electron chi connectivity index (χ2n) is 4.60. The van der Waals surface area contributed by atoms with Gasteiger partial charge in [0.15, 0.2) is 0 Å². The molecule has 19 heavy (non-hydrogen) atoms. The Morgan fingerprint density at radius 2 is 2.00 bits per heavy atom. The number of rotatable bonds is 7. The van der Waals surface area contributed by atoms with Crippen molar-refractivity contribution in [3.8, 4) is 5.75 Å². The predicted molar refractivity (Wildman–Crippen MR) is 76.2 cm³/mol. The molecule has 0 amide bonds. The van der Waals surface area contributed by atoms with Gasteiger partial charge in [-0.3, -0.25) is 0 Å². The number of hydrogen-bond donors (Lipinski definition) is 1. The van der Waals surface area contributed by atoms with Gasteiger partial charge in [0.05, 0.1) is 19.4 Å². The zero-order valence-electron chi connectivity index (χ0n) is 11.6. The minimum atomic E-state index is 0.283. The first-order valence-corrected chi connectivity index (χ1v) is 6.78. The molecule has 1 aromatic carbocycles. The van der Waals surface area contributed by atoms with E-state index in [-0.39, 0.29) is 6.04 Å². The Morgan fingerprint density at radius 1 is 1.21 bits per heavy atom. The first kappa shape index (κ1) is 13.7. The zero-order valence-corrected chi connectivity index (χ0v) is 11.6. The summed E-state index contributed by atoms with van der Waals surface area (Å²) in [5.41, 5.74) is 1.25. The van der Waals surface area contributed by atoms with Crippen molar-refractivity contribution >= 4 is 0 Å². The average molecular weight is 259 g/mol. The first-order chi connectivity index (χ1) is 9.29. The lowest BCUT2D eigenvalue weighted by Gasteiger charge is -2.14. The molecule has 1 atom stereocenters. The van der Waals surface area contributed by atoms with Crippen molar-refractivity contribution in [2.45, 2.75) is 32.9 Å². The predicted octanol–water partition coefficient (Wildman–Crippen LogP) is 3.92. The van der Waals surface area contributed by atoms with E-state index in [2.05, 4.69) is 31.3 Å². The Morgan fingerprint density at radius 3 is 2.63 bits per heavy atom. The maximum Gasteiger partial charge on any atom is 0.119 e. The summed E-state index contributed by atoms with van der Waals surface area (Å²) < 4.78 is 10.9. The van der Waals surface area contributed by atoms with Crippen LogP contribution < -0.4 is 10.1 Å². The molecule has 3 nitrogen and oxygen atoms in total. The largest absolute Gasteiger partial charge is 0.494 e. The Hall–Kier alpha value is -1.74. The second kappa shape index (κ2) is 7.00. The third-order valence-corrected chi connectivity index (χ3v) is 3.02. The quantitative estimate of drug-likeness (QED) is 0.818. The molecule has 1 N–H and O–H groups in total. The van der Waals surface area contributed by atoms with Crippen LogP contribution in [0.2, 0.25) is 0 Å². The minimum Gasteiger partial charge on any atom is -0.494 e. The van der Waals surface area contributed by atoms with Crippen molar-refractivity contribution in [1.29, 1.82) is 0 Å². The van der Waals surface area contributed by atoms with E-state index in [1.54, 1.807) is 6.26 Å². The Kier molecular flexibility index (Phi) is 5.04. The molecular weight excluding hydrogens is 238 g/mol. The van der Waals surface area contributed by atoms with Crippen LogP contribution in [0.15, 0.2) is 47.1 Å². The van der Waals surface area contributed by atoms with Crippen LogP contribution in [-0.4, -0.2) is 6.61 Å². The Balaban J connectivity index is 1.86. The standard InChI is InChI=1S/C16H21NO2/c1-3-10-18-15-8-6-14(7-9-15)13(2)17-12-16-5-4-11-19-16/h4-9,11,13,17H,3,10,12H2,1-2H3. The molecule has 0 saturated heterocycles. The summed E-state index contributed by atoms with van der Waals surface area (Å²) in [5, 5.41) is 3.43. The third kappa shape index (κ3) is 4.14. The van der Waals surface area contributed by atoms with E-state index in [1.807, 2.05) is 24.3 Å². The summed E-state index contributed by atoms with van der Waals surface area (Å²) in [6.07, 6.45) is 2.73. The van der Waals surface area contributed by atoms with Crippen molar-refractivity contribution in [2.24, 2.45) is 0 Å². The topological polar surface area (TPSA) is 34.4 Å². The van der Waals surface area contributed by atoms with Gasteiger partial charge >= 0.3 is 0 Å². The summed E-state index contributed by atoms with van der Waals surface area (Å²) >= 11 is 0. The lowest BCUT2D eigenvalue weighted by Crippen LogP contribution is -2.17. The molecule has 3 heteroatoms. The van der Waals surface area contributed by atoms with E-state index >= 15 is 0 Å². The molecule has 0 aliphatic heterocycles. The summed E-state index contributed by atoms with van der Waals surface area (Å²) in [7, 11) is 0. The lowest BCUT2D eigenvalue weighted by molar-refractivity contribution is 0.317. The van der Waals surface area contributed by atoms with Gasteiger partial charge in [-0.05, 0) is 43.2 Å². The van der Waals surface area contributed by atoms with Crippen molar-refractivity contribution in [2.75, 3.05) is 6.61 Å². The van der Waals surface area contributed by atoms with E-state index in [0.717, 1.165) is 31.1 Å². The van der Waals surface area contributed by atoms with Gasteiger partial charge in [-0.2, -0.15) is 0 Å². The van der Waals surface area contributed by atoms with Gasteiger partial charge in [0.1, 0.15) is 11.5 Å². The van der Waals surface area contributed by atoms with Crippen LogP contribution in [0.3, 0.4) is 0 Å². The molecule has 0 radical (unpaired) electrons. The van der Waals surface area contributed by atoms with Crippen molar-refractivity contribution in [3.05, 3.63) is 54.0 Å². The number of furan rings is 1. The van der Waals surface area contributed by atoms with Crippen LogP contribution in [0, 0.1) is 0 Å². The molecule has 2 rings (SSSR count). The van der Waals surface area contributed by atoms with Gasteiger partial charge in [-0.1, -0.05) is 19.1 Å². The number of nitrogens with one attached hydrogen (secondary N) is 1. The van der Waals surface area contributed by atoms with Crippen LogP contribution in [0.1, 0.15) is 37.6 Å². The highest BCUT2D eigenvalue weighted by atomic mass is 16.5. The van der Waals surface area contributed by atoms with Crippen LogP contribution in [0.4, 0.5) is 0 Å². The van der Waals surface area contributed by atoms with E-state index in [4.69, 9.17) is 9.15 Å². The maximum absolute atomic E-state index is 5.57. The number of ether oxygens (including phenoxy) is 1. The van der Waals surface area contributed by atoms with Crippen LogP contribution in [0.5, 0.6) is 5.75 Å². The van der Waals surface area contributed by atoms with Gasteiger partial charge < -0.3 is 14.5 Å². The monoisotopic (exact) mass is 259 g/mol. The summed E-state index contributed by atoms with van der Waals surface area (Å²) in [5.74, 6) is 1.89. The van der Waals surface area contributed by atoms with E-state index < -0.39 is 0 Å². The molecule has 0 fully saturated rings. The molecule has 1 heterocycles. The molecule has 0 bridgehead atoms. The Bertz CT molecular complexity index is 462. The van der Waals surface area contributed by atoms with Gasteiger partial charge in [0, 0.05) is 6.04 Å². The molecule has 0 saturated carbocycles. The summed E-state index contributed by atoms with van der Waals surface area (Å²) in [6, 6.07) is 12.4. The van der Waals surface area contributed by atoms with E-state index in [0.29, 0.717) is 0 Å². The fraction of sp³-hybridized carbons (Fsp3) is 0.375. The van der Waals surface area contributed by atoms with Gasteiger partial charge in [0.25, 0.3) is 0 Å². The van der Waals surface area contributed by atoms with E-state index in [1.165, 1.54) is 5.56 Å². The average Bonchev–Trinajstić information content (AvgIpc) is 2.96. The minimum absolute atomic E-state index is 0.283. The second-order valence-corrected chi connectivity index (χ2v) is 4.60. The smallest absolute Gasteiger partial charge is 0.119 e. The fourth-order valence-corrected chi connectivity index (χ4v) is 1.86. The molecule has 0 aliphatic rings. The zero-order chi connectivity index (χ0) is 13.5. The van der Waals surface area contributed by atoms with Crippen molar-refractivity contribution in [3.63, 3.8) is 0 Å². The molecule has 102 valence electrons. The SMILES string of the molecule is CCCOc1ccc(C(C)NCc2ccco2)cc1. The fourth-order valence-electron chi connectivity index (χ4n) is 1.86. The van der Waals surface area contributed by atoms with Gasteiger partial charge in [-0.15, -0.1) is 0 Å². The van der Waals surface area contributed by atoms with Crippen molar-refractivity contribution in [1.82, 2.24) is 5.32 Å². The normalized spacial score (nSPS) is 12.3. The van der Waals surface area contributed by atoms with Crippen LogP contribution in [-0.2, 0) is 6.54 Å². The lowest BCUT2D eigenvalue weighted by atomic mass is 10.1. The third-order valence-electron chi connectivity index (χ3n) is 3.02. The number of benzene rings is 1. The molecular formula is C16H21NO2. The van der Waals surface area contributed by atoms with Gasteiger partial charge in [-0.25, -0.2) is 0 Å². The molecule has 1 unspecified atom stereocenters. The van der Waals surface area contributed by atoms with Crippen LogP contribution >= 0.6 is 0 Å². The number of hydrogen-bond acceptors (Lipinski definition) is 3. The maximum atomic E-state index is 5.57. The molecule has 0 spiro atoms. The highest BCUT2D eigenvalue weighted by Crippen LogP contribution is 2.18. The van der Waals surface area contributed by atoms with Gasteiger partial charge in [0.2, 0.25) is 0 Å². The van der Waals surface area contributed by atoms with Crippen LogP contribution in [0.25, 0.3) is 0 Å². The highest BCUT2D eigenvalue weighted by molar-refractivity contribution is 5.29. The molecule has 0 aliphatic carbocycles. The Labute approximate surface area is 114 Å². The summed E-state index contributed by atoms with van der Waals surface area (Å²) in [4.78, 5) is 0. The molecule has 2 aromatic rings. The first-order valence-electron chi connectivity index (χ1n) is 6.78. The summed E-state index contributed by atoms with van der Waals surface area (Å²) in [6.45, 7) is 5.76. The van der Waals surface area contributed by atoms with E-state index in [9.17, 15) is 0 Å².